The first-order valence-electron chi connectivity index (χ1n) is 5.55. The molecule has 17 heavy (non-hydrogen) atoms. The third kappa shape index (κ3) is 5.00. The number of hydrogen-bond acceptors (Lipinski definition) is 1. The van der Waals surface area contributed by atoms with Crippen molar-refractivity contribution in [3.63, 3.8) is 0 Å². The molecule has 0 spiro atoms. The molecule has 1 aromatic carbocycles. The number of rotatable bonds is 4. The van der Waals surface area contributed by atoms with E-state index in [1.54, 1.807) is 12.1 Å². The van der Waals surface area contributed by atoms with Crippen LogP contribution in [0.3, 0.4) is 0 Å². The summed E-state index contributed by atoms with van der Waals surface area (Å²) >= 11 is 8.33. The van der Waals surface area contributed by atoms with E-state index < -0.39 is 0 Å². The number of nitrogens with one attached hydrogen (secondary N) is 2. The molecule has 0 aliphatic carbocycles. The summed E-state index contributed by atoms with van der Waals surface area (Å²) in [5.74, 6) is -0.327. The minimum atomic E-state index is -0.327. The van der Waals surface area contributed by atoms with Crippen LogP contribution >= 0.6 is 28.1 Å². The lowest BCUT2D eigenvalue weighted by Crippen LogP contribution is -2.35. The van der Waals surface area contributed by atoms with Gasteiger partial charge in [0.25, 0.3) is 0 Å². The molecule has 2 N–H and O–H groups in total. The second-order valence-electron chi connectivity index (χ2n) is 3.91. The highest BCUT2D eigenvalue weighted by Gasteiger charge is 2.06. The molecule has 1 atom stereocenters. The van der Waals surface area contributed by atoms with Crippen molar-refractivity contribution < 1.29 is 4.39 Å². The van der Waals surface area contributed by atoms with E-state index in [0.29, 0.717) is 21.3 Å². The summed E-state index contributed by atoms with van der Waals surface area (Å²) < 4.78 is 14.2. The fourth-order valence-corrected chi connectivity index (χ4v) is 2.12. The van der Waals surface area contributed by atoms with Gasteiger partial charge in [-0.1, -0.05) is 29.3 Å². The van der Waals surface area contributed by atoms with Gasteiger partial charge >= 0.3 is 0 Å². The topological polar surface area (TPSA) is 24.1 Å². The molecule has 0 aliphatic heterocycles. The normalized spacial score (nSPS) is 12.0. The van der Waals surface area contributed by atoms with Gasteiger partial charge in [-0.15, -0.1) is 0 Å². The summed E-state index contributed by atoms with van der Waals surface area (Å²) in [6.07, 6.45) is 2.12. The third-order valence-corrected chi connectivity index (χ3v) is 2.99. The lowest BCUT2D eigenvalue weighted by atomic mass is 10.2. The van der Waals surface area contributed by atoms with Gasteiger partial charge in [0.1, 0.15) is 5.82 Å². The number of hydrogen-bond donors (Lipinski definition) is 2. The maximum absolute atomic E-state index is 13.5. The Kier molecular flexibility index (Phi) is 5.85. The minimum absolute atomic E-state index is 0.290. The van der Waals surface area contributed by atoms with Crippen LogP contribution in [0, 0.1) is 5.82 Å². The van der Waals surface area contributed by atoms with Crippen molar-refractivity contribution in [3.8, 4) is 0 Å². The Labute approximate surface area is 115 Å². The molecule has 0 saturated carbocycles. The van der Waals surface area contributed by atoms with Crippen molar-refractivity contribution >= 4 is 38.9 Å². The van der Waals surface area contributed by atoms with Crippen molar-refractivity contribution in [1.29, 1.82) is 0 Å². The Morgan fingerprint density at radius 3 is 2.82 bits per heavy atom. The van der Waals surface area contributed by atoms with E-state index in [1.165, 1.54) is 6.07 Å². The first kappa shape index (κ1) is 14.4. The summed E-state index contributed by atoms with van der Waals surface area (Å²) in [5.41, 5.74) is 0.384. The molecule has 0 heterocycles. The molecule has 2 nitrogen and oxygen atoms in total. The van der Waals surface area contributed by atoms with E-state index in [4.69, 9.17) is 12.2 Å². The fraction of sp³-hybridized carbons (Fsp3) is 0.417. The molecule has 0 amide bonds. The average molecular weight is 319 g/mol. The predicted octanol–water partition coefficient (Wildman–Crippen LogP) is 4.06. The maximum Gasteiger partial charge on any atom is 0.171 e. The van der Waals surface area contributed by atoms with Crippen LogP contribution in [0.25, 0.3) is 0 Å². The van der Waals surface area contributed by atoms with Crippen LogP contribution in [0.1, 0.15) is 26.7 Å². The van der Waals surface area contributed by atoms with Crippen LogP contribution in [0.5, 0.6) is 0 Å². The summed E-state index contributed by atoms with van der Waals surface area (Å²) in [7, 11) is 0. The van der Waals surface area contributed by atoms with Crippen LogP contribution in [-0.4, -0.2) is 11.2 Å². The standard InChI is InChI=1S/C12H16BrFN2S/c1-3-4-8(2)15-12(17)16-11-6-5-9(13)7-10(11)14/h5-8H,3-4H2,1-2H3,(H2,15,16,17)/t8-/m0/s1. The van der Waals surface area contributed by atoms with E-state index in [1.807, 2.05) is 0 Å². The van der Waals surface area contributed by atoms with Crippen molar-refractivity contribution in [2.75, 3.05) is 5.32 Å². The zero-order chi connectivity index (χ0) is 12.8. The number of benzene rings is 1. The maximum atomic E-state index is 13.5. The number of thiocarbonyl (C=S) groups is 1. The van der Waals surface area contributed by atoms with E-state index in [2.05, 4.69) is 40.4 Å². The van der Waals surface area contributed by atoms with Crippen LogP contribution < -0.4 is 10.6 Å². The molecule has 94 valence electrons. The van der Waals surface area contributed by atoms with Gasteiger partial charge in [0, 0.05) is 10.5 Å². The molecular weight excluding hydrogens is 303 g/mol. The Balaban J connectivity index is 2.56. The Bertz CT molecular complexity index is 398. The highest BCUT2D eigenvalue weighted by atomic mass is 79.9. The van der Waals surface area contributed by atoms with Crippen LogP contribution in [0.15, 0.2) is 22.7 Å². The lowest BCUT2D eigenvalue weighted by Gasteiger charge is -2.16. The minimum Gasteiger partial charge on any atom is -0.360 e. The Hall–Kier alpha value is -0.680. The molecule has 0 aliphatic rings. The van der Waals surface area contributed by atoms with Gasteiger partial charge in [-0.2, -0.15) is 0 Å². The molecule has 0 bridgehead atoms. The third-order valence-electron chi connectivity index (χ3n) is 2.28. The van der Waals surface area contributed by atoms with Crippen molar-refractivity contribution in [2.24, 2.45) is 0 Å². The van der Waals surface area contributed by atoms with Gasteiger partial charge in [0.2, 0.25) is 0 Å². The van der Waals surface area contributed by atoms with Crippen LogP contribution in [-0.2, 0) is 0 Å². The lowest BCUT2D eigenvalue weighted by molar-refractivity contribution is 0.598. The summed E-state index contributed by atoms with van der Waals surface area (Å²) in [6.45, 7) is 4.17. The second kappa shape index (κ2) is 6.91. The quantitative estimate of drug-likeness (QED) is 0.818. The van der Waals surface area contributed by atoms with Crippen molar-refractivity contribution in [3.05, 3.63) is 28.5 Å². The molecule has 0 aromatic heterocycles. The summed E-state index contributed by atoms with van der Waals surface area (Å²) in [5, 5.41) is 6.42. The van der Waals surface area contributed by atoms with E-state index in [0.717, 1.165) is 12.8 Å². The van der Waals surface area contributed by atoms with Gasteiger partial charge in [-0.25, -0.2) is 4.39 Å². The SMILES string of the molecule is CCC[C@H](C)NC(=S)Nc1ccc(Br)cc1F. The van der Waals surface area contributed by atoms with Crippen LogP contribution in [0.2, 0.25) is 0 Å². The summed E-state index contributed by atoms with van der Waals surface area (Å²) in [4.78, 5) is 0. The molecule has 0 saturated heterocycles. The molecule has 5 heteroatoms. The van der Waals surface area contributed by atoms with Crippen LogP contribution in [0.4, 0.5) is 10.1 Å². The zero-order valence-electron chi connectivity index (χ0n) is 9.89. The average Bonchev–Trinajstić information content (AvgIpc) is 2.22. The van der Waals surface area contributed by atoms with Gasteiger partial charge in [-0.05, 0) is 43.8 Å². The van der Waals surface area contributed by atoms with E-state index >= 15 is 0 Å². The smallest absolute Gasteiger partial charge is 0.171 e. The van der Waals surface area contributed by atoms with Gasteiger partial charge < -0.3 is 10.6 Å². The molecule has 0 fully saturated rings. The van der Waals surface area contributed by atoms with E-state index in [9.17, 15) is 4.39 Å². The second-order valence-corrected chi connectivity index (χ2v) is 5.24. The van der Waals surface area contributed by atoms with Gasteiger partial charge in [-0.3, -0.25) is 0 Å². The molecule has 0 unspecified atom stereocenters. The van der Waals surface area contributed by atoms with E-state index in [-0.39, 0.29) is 5.82 Å². The number of halogens is 2. The first-order valence-corrected chi connectivity index (χ1v) is 6.75. The molecule has 1 aromatic rings. The fourth-order valence-electron chi connectivity index (χ4n) is 1.48. The molecular formula is C12H16BrFN2S. The van der Waals surface area contributed by atoms with Crippen molar-refractivity contribution in [2.45, 2.75) is 32.7 Å². The van der Waals surface area contributed by atoms with Gasteiger partial charge in [0.05, 0.1) is 5.69 Å². The highest BCUT2D eigenvalue weighted by molar-refractivity contribution is 9.10. The highest BCUT2D eigenvalue weighted by Crippen LogP contribution is 2.19. The monoisotopic (exact) mass is 318 g/mol. The first-order chi connectivity index (χ1) is 8.02. The van der Waals surface area contributed by atoms with Crippen molar-refractivity contribution in [1.82, 2.24) is 5.32 Å². The predicted molar refractivity (Wildman–Crippen MR) is 77.8 cm³/mol. The Morgan fingerprint density at radius 2 is 2.24 bits per heavy atom. The summed E-state index contributed by atoms with van der Waals surface area (Å²) in [6, 6.07) is 5.11. The zero-order valence-corrected chi connectivity index (χ0v) is 12.3. The van der Waals surface area contributed by atoms with Gasteiger partial charge in [0.15, 0.2) is 5.11 Å². The molecule has 1 rings (SSSR count). The largest absolute Gasteiger partial charge is 0.360 e. The Morgan fingerprint density at radius 1 is 1.53 bits per heavy atom. The number of anilines is 1. The molecule has 0 radical (unpaired) electrons.